The summed E-state index contributed by atoms with van der Waals surface area (Å²) in [6.45, 7) is 9.44. The number of hydrogen-bond acceptors (Lipinski definition) is 0. The van der Waals surface area contributed by atoms with E-state index in [0.29, 0.717) is 5.66 Å². The number of allylic oxidation sites excluding steroid dienone is 4. The SMILES string of the molecule is C1=CCC([PH+](C[PH+](c2ccccc2)c2ccccc2)c2ccccc2)C=C1.[Au+].[Au+].[C-]#Cc1cccc2c1[Si](C)(C)c1ccccc1-2.[C-]#Cc1cccc2c1[Si](C)(C)c1ccccc1-2. The summed E-state index contributed by atoms with van der Waals surface area (Å²) in [6, 6.07) is 63.4. The first-order valence-electron chi connectivity index (χ1n) is 21.3. The second-order valence-corrected chi connectivity index (χ2v) is 31.5. The van der Waals surface area contributed by atoms with Gasteiger partial charge in [-0.25, -0.2) is 0 Å². The molecule has 63 heavy (non-hydrogen) atoms. The third-order valence-electron chi connectivity index (χ3n) is 12.6. The summed E-state index contributed by atoms with van der Waals surface area (Å²) >= 11 is 0. The van der Waals surface area contributed by atoms with E-state index >= 15 is 0 Å². The minimum atomic E-state index is -1.63. The smallest absolute Gasteiger partial charge is 0.366 e. The summed E-state index contributed by atoms with van der Waals surface area (Å²) in [6.07, 6.45) is 25.4. The van der Waals surface area contributed by atoms with E-state index in [1.54, 1.807) is 5.30 Å². The van der Waals surface area contributed by atoms with Crippen molar-refractivity contribution in [2.45, 2.75) is 38.3 Å². The minimum Gasteiger partial charge on any atom is -0.366 e. The van der Waals surface area contributed by atoms with Crippen molar-refractivity contribution in [2.24, 2.45) is 0 Å². The fourth-order valence-electron chi connectivity index (χ4n) is 9.68. The molecule has 0 spiro atoms. The zero-order valence-electron chi connectivity index (χ0n) is 36.1. The first kappa shape index (κ1) is 48.4. The summed E-state index contributed by atoms with van der Waals surface area (Å²) in [5.41, 5.74) is 7.96. The third-order valence-corrected chi connectivity index (χ3v) is 27.2. The van der Waals surface area contributed by atoms with Gasteiger partial charge in [0, 0.05) is 6.42 Å². The maximum absolute atomic E-state index is 7.47. The molecule has 318 valence electrons. The van der Waals surface area contributed by atoms with Crippen molar-refractivity contribution in [3.63, 3.8) is 0 Å². The second kappa shape index (κ2) is 21.7. The molecular formula is C57H52Au2P2Si2+2. The summed E-state index contributed by atoms with van der Waals surface area (Å²) in [4.78, 5) is 0. The van der Waals surface area contributed by atoms with Crippen molar-refractivity contribution in [1.82, 2.24) is 0 Å². The van der Waals surface area contributed by atoms with Crippen molar-refractivity contribution in [3.8, 4) is 34.1 Å². The van der Waals surface area contributed by atoms with E-state index in [2.05, 4.69) is 214 Å². The van der Waals surface area contributed by atoms with Crippen molar-refractivity contribution >= 4 is 68.7 Å². The monoisotopic (exact) mass is 1250 g/mol. The molecule has 2 heterocycles. The average molecular weight is 1250 g/mol. The molecule has 0 bridgehead atoms. The quantitative estimate of drug-likeness (QED) is 0.0674. The van der Waals surface area contributed by atoms with Crippen LogP contribution in [-0.4, -0.2) is 27.7 Å². The fourth-order valence-corrected chi connectivity index (χ4v) is 24.8. The Hall–Kier alpha value is -4.09. The Morgan fingerprint density at radius 3 is 1.29 bits per heavy atom. The first-order chi connectivity index (χ1) is 29.7. The van der Waals surface area contributed by atoms with Crippen LogP contribution >= 0.6 is 15.8 Å². The summed E-state index contributed by atoms with van der Waals surface area (Å²) in [5.74, 6) is 6.52. The first-order valence-corrected chi connectivity index (χ1v) is 30.8. The maximum Gasteiger partial charge on any atom is 1.00 e. The Morgan fingerprint density at radius 1 is 0.476 bits per heavy atom. The van der Waals surface area contributed by atoms with Gasteiger partial charge in [-0.2, -0.15) is 0 Å². The molecule has 0 nitrogen and oxygen atoms in total. The number of rotatable bonds is 6. The van der Waals surface area contributed by atoms with Gasteiger partial charge in [0.1, 0.15) is 18.5 Å². The van der Waals surface area contributed by atoms with E-state index in [1.807, 2.05) is 24.3 Å². The summed E-state index contributed by atoms with van der Waals surface area (Å²) in [5, 5.41) is 10.3. The van der Waals surface area contributed by atoms with E-state index < -0.39 is 32.0 Å². The topological polar surface area (TPSA) is 0 Å². The van der Waals surface area contributed by atoms with Crippen LogP contribution in [0.1, 0.15) is 17.5 Å². The van der Waals surface area contributed by atoms with Gasteiger partial charge < -0.3 is 12.8 Å². The van der Waals surface area contributed by atoms with Gasteiger partial charge in [0.25, 0.3) is 0 Å². The van der Waals surface area contributed by atoms with Crippen molar-refractivity contribution in [3.05, 3.63) is 224 Å². The maximum atomic E-state index is 7.47. The molecule has 2 aliphatic heterocycles. The number of benzene rings is 7. The standard InChI is InChI=1S/C25H24P2.2C16H13Si.2Au/c1-5-13-22(14-6-1)26(23-15-7-2-8-16-23)21-27(24-17-9-3-10-18-24)25-19-11-4-12-20-25;2*1-4-12-8-7-10-14-13-9-5-6-11-15(13)17(2,3)16(12)14;;/h1-19,25H,20-21H2;2*5-11H,2-3H3;;/q;2*-1;2*+1/p+2. The van der Waals surface area contributed by atoms with Crippen molar-refractivity contribution in [1.29, 1.82) is 0 Å². The molecule has 2 unspecified atom stereocenters. The van der Waals surface area contributed by atoms with Gasteiger partial charge in [-0.1, -0.05) is 172 Å². The fraction of sp³-hybridized carbons (Fsp3) is 0.123. The van der Waals surface area contributed by atoms with Crippen molar-refractivity contribution < 1.29 is 44.8 Å². The van der Waals surface area contributed by atoms with Crippen LogP contribution in [-0.2, 0) is 44.8 Å². The molecule has 3 aliphatic rings. The molecule has 7 aromatic rings. The molecule has 2 atom stereocenters. The normalized spacial score (nSPS) is 15.4. The van der Waals surface area contributed by atoms with Gasteiger partial charge >= 0.3 is 44.8 Å². The van der Waals surface area contributed by atoms with Crippen molar-refractivity contribution in [2.75, 3.05) is 5.90 Å². The van der Waals surface area contributed by atoms with Gasteiger partial charge in [0.05, 0.1) is 35.0 Å². The van der Waals surface area contributed by atoms with Crippen LogP contribution in [0.5, 0.6) is 0 Å². The molecule has 0 aromatic heterocycles. The predicted octanol–water partition coefficient (Wildman–Crippen LogP) is 10.1. The molecule has 0 fully saturated rings. The van der Waals surface area contributed by atoms with Gasteiger partial charge in [0.15, 0.2) is 5.90 Å². The summed E-state index contributed by atoms with van der Waals surface area (Å²) < 4.78 is 0. The predicted molar refractivity (Wildman–Crippen MR) is 276 cm³/mol. The molecule has 1 aliphatic carbocycles. The molecule has 6 heteroatoms. The summed E-state index contributed by atoms with van der Waals surface area (Å²) in [7, 11) is -4.77. The molecule has 0 saturated heterocycles. The Bertz CT molecular complexity index is 2650. The zero-order valence-corrected chi connectivity index (χ0v) is 44.5. The molecule has 0 N–H and O–H groups in total. The zero-order chi connectivity index (χ0) is 42.4. The molecule has 10 rings (SSSR count). The average Bonchev–Trinajstić information content (AvgIpc) is 3.71. The molecule has 0 saturated carbocycles. The molecular weight excluding hydrogens is 1200 g/mol. The Balaban J connectivity index is 0.000000161. The van der Waals surface area contributed by atoms with E-state index in [9.17, 15) is 0 Å². The Labute approximate surface area is 412 Å². The van der Waals surface area contributed by atoms with Crippen LogP contribution in [0.2, 0.25) is 26.2 Å². The largest absolute Gasteiger partial charge is 1.00 e. The Morgan fingerprint density at radius 2 is 0.873 bits per heavy atom. The number of hydrogen-bond donors (Lipinski definition) is 0. The second-order valence-electron chi connectivity index (χ2n) is 17.0. The van der Waals surface area contributed by atoms with E-state index in [1.165, 1.54) is 65.9 Å². The van der Waals surface area contributed by atoms with Crippen LogP contribution in [0.25, 0.3) is 22.3 Å². The van der Waals surface area contributed by atoms with E-state index in [4.69, 9.17) is 12.8 Å². The molecule has 7 aromatic carbocycles. The Kier molecular flexibility index (Phi) is 16.7. The van der Waals surface area contributed by atoms with Crippen LogP contribution < -0.4 is 36.7 Å². The van der Waals surface area contributed by atoms with Gasteiger partial charge in [-0.3, -0.25) is 11.8 Å². The van der Waals surface area contributed by atoms with Crippen LogP contribution in [0.3, 0.4) is 0 Å². The van der Waals surface area contributed by atoms with E-state index in [0.717, 1.165) is 11.1 Å². The molecule has 0 radical (unpaired) electrons. The molecule has 0 amide bonds. The van der Waals surface area contributed by atoms with Gasteiger partial charge in [-0.15, -0.1) is 33.6 Å². The van der Waals surface area contributed by atoms with Crippen LogP contribution in [0.4, 0.5) is 0 Å². The minimum absolute atomic E-state index is 0. The van der Waals surface area contributed by atoms with Crippen LogP contribution in [0.15, 0.2) is 200 Å². The van der Waals surface area contributed by atoms with Gasteiger partial charge in [0.2, 0.25) is 0 Å². The van der Waals surface area contributed by atoms with Gasteiger partial charge in [-0.05, 0) is 75.1 Å². The third kappa shape index (κ3) is 10.1. The van der Waals surface area contributed by atoms with E-state index in [-0.39, 0.29) is 44.8 Å². The number of fused-ring (bicyclic) bond motifs is 6. The van der Waals surface area contributed by atoms with Crippen LogP contribution in [0, 0.1) is 24.7 Å².